The maximum absolute atomic E-state index is 12.9. The van der Waals surface area contributed by atoms with Gasteiger partial charge in [0.2, 0.25) is 0 Å². The molecule has 0 aliphatic heterocycles. The van der Waals surface area contributed by atoms with Crippen LogP contribution in [0.2, 0.25) is 0 Å². The minimum atomic E-state index is -4.44. The van der Waals surface area contributed by atoms with E-state index in [9.17, 15) is 22.8 Å². The summed E-state index contributed by atoms with van der Waals surface area (Å²) >= 11 is 0. The zero-order valence-corrected chi connectivity index (χ0v) is 16.6. The zero-order chi connectivity index (χ0) is 22.6. The zero-order valence-electron chi connectivity index (χ0n) is 16.6. The van der Waals surface area contributed by atoms with E-state index >= 15 is 0 Å². The predicted molar refractivity (Wildman–Crippen MR) is 109 cm³/mol. The number of carbonyl (C=O) groups excluding carboxylic acids is 2. The van der Waals surface area contributed by atoms with Crippen molar-refractivity contribution in [2.24, 2.45) is 0 Å². The first-order chi connectivity index (χ1) is 14.7. The van der Waals surface area contributed by atoms with Gasteiger partial charge < -0.3 is 14.8 Å². The molecule has 0 radical (unpaired) electrons. The quantitative estimate of drug-likeness (QED) is 0.550. The average molecular weight is 429 g/mol. The van der Waals surface area contributed by atoms with Gasteiger partial charge >= 0.3 is 12.1 Å². The van der Waals surface area contributed by atoms with Gasteiger partial charge in [-0.1, -0.05) is 30.3 Å². The summed E-state index contributed by atoms with van der Waals surface area (Å²) in [5.41, 5.74) is 1.01. The Morgan fingerprint density at radius 1 is 0.903 bits per heavy atom. The highest BCUT2D eigenvalue weighted by Crippen LogP contribution is 2.32. The number of nitrogens with one attached hydrogen (secondary N) is 1. The number of amides is 1. The molecule has 0 heterocycles. The van der Waals surface area contributed by atoms with Gasteiger partial charge in [0.05, 0.1) is 31.0 Å². The molecule has 0 unspecified atom stereocenters. The van der Waals surface area contributed by atoms with Crippen LogP contribution in [0.5, 0.6) is 5.75 Å². The first-order valence-corrected chi connectivity index (χ1v) is 9.09. The van der Waals surface area contributed by atoms with Crippen LogP contribution in [-0.4, -0.2) is 26.1 Å². The second-order valence-electron chi connectivity index (χ2n) is 6.48. The number of hydrogen-bond acceptors (Lipinski definition) is 4. The third-order valence-corrected chi connectivity index (χ3v) is 4.57. The van der Waals surface area contributed by atoms with Crippen molar-refractivity contribution in [1.29, 1.82) is 0 Å². The highest BCUT2D eigenvalue weighted by molar-refractivity contribution is 6.09. The van der Waals surface area contributed by atoms with Crippen LogP contribution in [0.1, 0.15) is 26.3 Å². The molecule has 0 atom stereocenters. The first kappa shape index (κ1) is 21.9. The third kappa shape index (κ3) is 4.85. The molecular weight excluding hydrogens is 411 g/mol. The van der Waals surface area contributed by atoms with Gasteiger partial charge in [0, 0.05) is 5.56 Å². The molecule has 8 heteroatoms. The molecule has 3 aromatic rings. The number of ether oxygens (including phenoxy) is 2. The average Bonchev–Trinajstić information content (AvgIpc) is 2.78. The second-order valence-corrected chi connectivity index (χ2v) is 6.48. The summed E-state index contributed by atoms with van der Waals surface area (Å²) in [5, 5.41) is 2.71. The van der Waals surface area contributed by atoms with Crippen molar-refractivity contribution in [1.82, 2.24) is 0 Å². The number of methoxy groups -OCH3 is 2. The predicted octanol–water partition coefficient (Wildman–Crippen LogP) is 5.42. The summed E-state index contributed by atoms with van der Waals surface area (Å²) in [6.45, 7) is 0. The van der Waals surface area contributed by atoms with Crippen molar-refractivity contribution in [3.8, 4) is 16.9 Å². The minimum Gasteiger partial charge on any atom is -0.495 e. The molecule has 5 nitrogen and oxygen atoms in total. The molecule has 0 fully saturated rings. The lowest BCUT2D eigenvalue weighted by molar-refractivity contribution is -0.137. The fourth-order valence-electron chi connectivity index (χ4n) is 3.00. The van der Waals surface area contributed by atoms with Crippen LogP contribution in [0, 0.1) is 0 Å². The van der Waals surface area contributed by atoms with E-state index in [1.807, 2.05) is 0 Å². The van der Waals surface area contributed by atoms with Gasteiger partial charge in [-0.3, -0.25) is 4.79 Å². The molecule has 0 aromatic heterocycles. The van der Waals surface area contributed by atoms with Crippen LogP contribution in [0.15, 0.2) is 66.7 Å². The number of anilines is 1. The van der Waals surface area contributed by atoms with E-state index in [1.165, 1.54) is 44.6 Å². The Labute approximate surface area is 176 Å². The van der Waals surface area contributed by atoms with E-state index in [-0.39, 0.29) is 16.9 Å². The Balaban J connectivity index is 1.91. The normalized spacial score (nSPS) is 11.0. The SMILES string of the molecule is COC(=O)c1ccc(NC(=O)c2ccccc2-c2ccc(C(F)(F)F)cc2)c(OC)c1. The van der Waals surface area contributed by atoms with Gasteiger partial charge in [0.25, 0.3) is 5.91 Å². The number of benzene rings is 3. The first-order valence-electron chi connectivity index (χ1n) is 9.09. The van der Waals surface area contributed by atoms with Gasteiger partial charge in [-0.15, -0.1) is 0 Å². The molecule has 3 aromatic carbocycles. The lowest BCUT2D eigenvalue weighted by Crippen LogP contribution is -2.14. The van der Waals surface area contributed by atoms with E-state index in [4.69, 9.17) is 4.74 Å². The standard InChI is InChI=1S/C23H18F3NO4/c1-30-20-13-15(22(29)31-2)9-12-19(20)27-21(28)18-6-4-3-5-17(18)14-7-10-16(11-8-14)23(24,25)26/h3-13H,1-2H3,(H,27,28). The number of halogens is 3. The summed E-state index contributed by atoms with van der Waals surface area (Å²) in [6.07, 6.45) is -4.44. The summed E-state index contributed by atoms with van der Waals surface area (Å²) in [5.74, 6) is -0.785. The van der Waals surface area contributed by atoms with E-state index in [0.29, 0.717) is 16.8 Å². The topological polar surface area (TPSA) is 64.6 Å². The van der Waals surface area contributed by atoms with E-state index in [1.54, 1.807) is 24.3 Å². The fourth-order valence-corrected chi connectivity index (χ4v) is 3.00. The van der Waals surface area contributed by atoms with E-state index < -0.39 is 23.6 Å². The molecule has 0 saturated heterocycles. The Kier molecular flexibility index (Phi) is 6.29. The Morgan fingerprint density at radius 3 is 2.19 bits per heavy atom. The molecule has 160 valence electrons. The van der Waals surface area contributed by atoms with Crippen LogP contribution in [0.4, 0.5) is 18.9 Å². The van der Waals surface area contributed by atoms with Gasteiger partial charge in [-0.25, -0.2) is 4.79 Å². The number of alkyl halides is 3. The second kappa shape index (κ2) is 8.91. The van der Waals surface area contributed by atoms with Crippen LogP contribution in [0.25, 0.3) is 11.1 Å². The molecule has 0 saturated carbocycles. The van der Waals surface area contributed by atoms with E-state index in [0.717, 1.165) is 12.1 Å². The lowest BCUT2D eigenvalue weighted by atomic mass is 9.98. The Bertz CT molecular complexity index is 1110. The van der Waals surface area contributed by atoms with Gasteiger partial charge in [-0.2, -0.15) is 13.2 Å². The molecule has 0 aliphatic carbocycles. The van der Waals surface area contributed by atoms with Crippen molar-refractivity contribution >= 4 is 17.6 Å². The third-order valence-electron chi connectivity index (χ3n) is 4.57. The summed E-state index contributed by atoms with van der Waals surface area (Å²) < 4.78 is 48.4. The number of rotatable bonds is 5. The summed E-state index contributed by atoms with van der Waals surface area (Å²) in [6, 6.07) is 15.6. The molecule has 0 aliphatic rings. The minimum absolute atomic E-state index is 0.252. The van der Waals surface area contributed by atoms with Crippen molar-refractivity contribution in [2.45, 2.75) is 6.18 Å². The maximum atomic E-state index is 12.9. The summed E-state index contributed by atoms with van der Waals surface area (Å²) in [4.78, 5) is 24.6. The van der Waals surface area contributed by atoms with Crippen molar-refractivity contribution in [3.63, 3.8) is 0 Å². The van der Waals surface area contributed by atoms with Crippen LogP contribution in [-0.2, 0) is 10.9 Å². The van der Waals surface area contributed by atoms with Gasteiger partial charge in [-0.05, 0) is 47.5 Å². The highest BCUT2D eigenvalue weighted by Gasteiger charge is 2.30. The largest absolute Gasteiger partial charge is 0.495 e. The highest BCUT2D eigenvalue weighted by atomic mass is 19.4. The smallest absolute Gasteiger partial charge is 0.416 e. The molecule has 31 heavy (non-hydrogen) atoms. The number of esters is 1. The van der Waals surface area contributed by atoms with Crippen molar-refractivity contribution < 1.29 is 32.2 Å². The molecular formula is C23H18F3NO4. The lowest BCUT2D eigenvalue weighted by Gasteiger charge is -2.14. The monoisotopic (exact) mass is 429 g/mol. The van der Waals surface area contributed by atoms with Crippen molar-refractivity contribution in [3.05, 3.63) is 83.4 Å². The van der Waals surface area contributed by atoms with Gasteiger partial charge in [0.15, 0.2) is 0 Å². The van der Waals surface area contributed by atoms with Crippen LogP contribution < -0.4 is 10.1 Å². The fraction of sp³-hybridized carbons (Fsp3) is 0.130. The van der Waals surface area contributed by atoms with E-state index in [2.05, 4.69) is 10.1 Å². The molecule has 0 spiro atoms. The molecule has 1 amide bonds. The van der Waals surface area contributed by atoms with Crippen LogP contribution in [0.3, 0.4) is 0 Å². The van der Waals surface area contributed by atoms with Gasteiger partial charge in [0.1, 0.15) is 5.75 Å². The number of carbonyl (C=O) groups is 2. The number of hydrogen-bond donors (Lipinski definition) is 1. The molecule has 0 bridgehead atoms. The Morgan fingerprint density at radius 2 is 1.58 bits per heavy atom. The summed E-state index contributed by atoms with van der Waals surface area (Å²) in [7, 11) is 2.64. The molecule has 1 N–H and O–H groups in total. The van der Waals surface area contributed by atoms with Crippen LogP contribution >= 0.6 is 0 Å². The Hall–Kier alpha value is -3.81. The molecule has 3 rings (SSSR count). The van der Waals surface area contributed by atoms with Crippen molar-refractivity contribution in [2.75, 3.05) is 19.5 Å². The maximum Gasteiger partial charge on any atom is 0.416 e.